The number of hydrogen-bond acceptors (Lipinski definition) is 3. The average molecular weight is 263 g/mol. The van der Waals surface area contributed by atoms with Crippen molar-refractivity contribution in [2.24, 2.45) is 0 Å². The Morgan fingerprint density at radius 2 is 2.16 bits per heavy atom. The maximum atomic E-state index is 13.2. The molecule has 4 heteroatoms. The molecule has 2 rings (SSSR count). The lowest BCUT2D eigenvalue weighted by molar-refractivity contribution is -0.0364. The lowest BCUT2D eigenvalue weighted by Crippen LogP contribution is -2.27. The number of nitrogens with zero attached hydrogens (tertiary/aromatic N) is 1. The Kier molecular flexibility index (Phi) is 4.89. The van der Waals surface area contributed by atoms with E-state index in [1.807, 2.05) is 0 Å². The van der Waals surface area contributed by atoms with Crippen LogP contribution in [0.25, 0.3) is 0 Å². The van der Waals surface area contributed by atoms with Gasteiger partial charge in [0.25, 0.3) is 0 Å². The van der Waals surface area contributed by atoms with Gasteiger partial charge in [-0.25, -0.2) is 4.39 Å². The van der Waals surface area contributed by atoms with E-state index in [2.05, 4.69) is 6.07 Å². The number of benzene rings is 1. The van der Waals surface area contributed by atoms with Crippen LogP contribution in [-0.4, -0.2) is 19.3 Å². The molecule has 1 saturated carbocycles. The number of rotatable bonds is 4. The molecule has 1 fully saturated rings. The Balaban J connectivity index is 1.95. The first-order valence-corrected chi connectivity index (χ1v) is 6.56. The van der Waals surface area contributed by atoms with Crippen molar-refractivity contribution in [1.82, 2.24) is 0 Å². The van der Waals surface area contributed by atoms with Gasteiger partial charge in [-0.2, -0.15) is 5.26 Å². The summed E-state index contributed by atoms with van der Waals surface area (Å²) in [5.74, 6) is -0.337. The minimum Gasteiger partial charge on any atom is -0.381 e. The molecule has 19 heavy (non-hydrogen) atoms. The quantitative estimate of drug-likeness (QED) is 0.838. The summed E-state index contributed by atoms with van der Waals surface area (Å²) in [6.07, 6.45) is 4.40. The molecule has 0 saturated heterocycles. The first-order valence-electron chi connectivity index (χ1n) is 6.56. The highest BCUT2D eigenvalue weighted by Gasteiger charge is 2.22. The number of halogens is 1. The maximum absolute atomic E-state index is 13.2. The van der Waals surface area contributed by atoms with Gasteiger partial charge in [-0.15, -0.1) is 0 Å². The van der Waals surface area contributed by atoms with Gasteiger partial charge in [0, 0.05) is 7.11 Å². The van der Waals surface area contributed by atoms with Crippen molar-refractivity contribution in [3.8, 4) is 6.07 Å². The third kappa shape index (κ3) is 3.76. The van der Waals surface area contributed by atoms with E-state index in [9.17, 15) is 4.39 Å². The van der Waals surface area contributed by atoms with E-state index < -0.39 is 0 Å². The average Bonchev–Trinajstić information content (AvgIpc) is 2.45. The first-order chi connectivity index (χ1) is 9.22. The lowest BCUT2D eigenvalue weighted by Gasteiger charge is -2.28. The van der Waals surface area contributed by atoms with Gasteiger partial charge in [0.1, 0.15) is 5.82 Å². The standard InChI is InChI=1S/C15H18FNO2/c1-18-14-3-2-4-15(8-14)19-10-12-7-13(16)6-5-11(12)9-17/h5-7,14-15H,2-4,8,10H2,1H3. The van der Waals surface area contributed by atoms with Crippen LogP contribution >= 0.6 is 0 Å². The number of hydrogen-bond donors (Lipinski definition) is 0. The van der Waals surface area contributed by atoms with Crippen LogP contribution in [0.1, 0.15) is 36.8 Å². The van der Waals surface area contributed by atoms with Crippen LogP contribution < -0.4 is 0 Å². The third-order valence-corrected chi connectivity index (χ3v) is 3.57. The Labute approximate surface area is 112 Å². The Morgan fingerprint density at radius 1 is 1.37 bits per heavy atom. The Bertz CT molecular complexity index is 470. The van der Waals surface area contributed by atoms with Crippen molar-refractivity contribution in [2.75, 3.05) is 7.11 Å². The zero-order chi connectivity index (χ0) is 13.7. The summed E-state index contributed by atoms with van der Waals surface area (Å²) >= 11 is 0. The molecule has 0 bridgehead atoms. The van der Waals surface area contributed by atoms with Gasteiger partial charge in [0.05, 0.1) is 30.4 Å². The van der Waals surface area contributed by atoms with Gasteiger partial charge in [0.15, 0.2) is 0 Å². The topological polar surface area (TPSA) is 42.2 Å². The molecular formula is C15H18FNO2. The Hall–Kier alpha value is -1.44. The fourth-order valence-corrected chi connectivity index (χ4v) is 2.47. The second-order valence-electron chi connectivity index (χ2n) is 4.87. The monoisotopic (exact) mass is 263 g/mol. The normalized spacial score (nSPS) is 23.0. The van der Waals surface area contributed by atoms with Gasteiger partial charge < -0.3 is 9.47 Å². The van der Waals surface area contributed by atoms with Crippen LogP contribution in [0.5, 0.6) is 0 Å². The number of methoxy groups -OCH3 is 1. The highest BCUT2D eigenvalue weighted by molar-refractivity contribution is 5.37. The number of ether oxygens (including phenoxy) is 2. The fourth-order valence-electron chi connectivity index (χ4n) is 2.47. The Morgan fingerprint density at radius 3 is 2.89 bits per heavy atom. The van der Waals surface area contributed by atoms with Crippen molar-refractivity contribution in [1.29, 1.82) is 5.26 Å². The largest absolute Gasteiger partial charge is 0.381 e. The van der Waals surface area contributed by atoms with Gasteiger partial charge in [-0.3, -0.25) is 0 Å². The molecule has 0 spiro atoms. The summed E-state index contributed by atoms with van der Waals surface area (Å²) in [5, 5.41) is 8.98. The molecule has 0 aliphatic heterocycles. The van der Waals surface area contributed by atoms with E-state index in [1.165, 1.54) is 18.2 Å². The predicted molar refractivity (Wildman–Crippen MR) is 69.0 cm³/mol. The molecule has 2 unspecified atom stereocenters. The minimum absolute atomic E-state index is 0.133. The van der Waals surface area contributed by atoms with Crippen LogP contribution in [0, 0.1) is 17.1 Å². The zero-order valence-corrected chi connectivity index (χ0v) is 11.1. The molecule has 0 radical (unpaired) electrons. The summed E-state index contributed by atoms with van der Waals surface area (Å²) in [4.78, 5) is 0. The third-order valence-electron chi connectivity index (χ3n) is 3.57. The molecule has 1 aliphatic carbocycles. The number of nitriles is 1. The van der Waals surface area contributed by atoms with Crippen molar-refractivity contribution < 1.29 is 13.9 Å². The molecule has 1 aromatic rings. The van der Waals surface area contributed by atoms with Gasteiger partial charge in [-0.05, 0) is 49.4 Å². The maximum Gasteiger partial charge on any atom is 0.123 e. The van der Waals surface area contributed by atoms with E-state index in [0.717, 1.165) is 25.7 Å². The van der Waals surface area contributed by atoms with E-state index in [-0.39, 0.29) is 24.6 Å². The van der Waals surface area contributed by atoms with E-state index >= 15 is 0 Å². The van der Waals surface area contributed by atoms with Crippen molar-refractivity contribution >= 4 is 0 Å². The second-order valence-corrected chi connectivity index (χ2v) is 4.87. The van der Waals surface area contributed by atoms with Crippen LogP contribution in [-0.2, 0) is 16.1 Å². The highest BCUT2D eigenvalue weighted by atomic mass is 19.1. The molecule has 102 valence electrons. The summed E-state index contributed by atoms with van der Waals surface area (Å²) in [5.41, 5.74) is 1.09. The molecule has 1 aliphatic rings. The molecule has 0 N–H and O–H groups in total. The molecule has 3 nitrogen and oxygen atoms in total. The smallest absolute Gasteiger partial charge is 0.123 e. The molecule has 0 amide bonds. The van der Waals surface area contributed by atoms with E-state index in [0.29, 0.717) is 11.1 Å². The molecular weight excluding hydrogens is 245 g/mol. The van der Waals surface area contributed by atoms with Crippen LogP contribution in [0.2, 0.25) is 0 Å². The van der Waals surface area contributed by atoms with Gasteiger partial charge in [0.2, 0.25) is 0 Å². The predicted octanol–water partition coefficient (Wildman–Crippen LogP) is 3.17. The lowest BCUT2D eigenvalue weighted by atomic mass is 9.95. The molecule has 2 atom stereocenters. The van der Waals surface area contributed by atoms with E-state index in [1.54, 1.807) is 7.11 Å². The summed E-state index contributed by atoms with van der Waals surface area (Å²) < 4.78 is 24.3. The van der Waals surface area contributed by atoms with Crippen LogP contribution in [0.4, 0.5) is 4.39 Å². The molecule has 0 heterocycles. The summed E-state index contributed by atoms with van der Waals surface area (Å²) in [6.45, 7) is 0.280. The molecule has 1 aromatic carbocycles. The molecule has 0 aromatic heterocycles. The zero-order valence-electron chi connectivity index (χ0n) is 11.1. The van der Waals surface area contributed by atoms with Gasteiger partial charge in [-0.1, -0.05) is 0 Å². The van der Waals surface area contributed by atoms with Crippen molar-refractivity contribution in [2.45, 2.75) is 44.5 Å². The minimum atomic E-state index is -0.337. The highest BCUT2D eigenvalue weighted by Crippen LogP contribution is 2.24. The fraction of sp³-hybridized carbons (Fsp3) is 0.533. The van der Waals surface area contributed by atoms with Gasteiger partial charge >= 0.3 is 0 Å². The van der Waals surface area contributed by atoms with Crippen molar-refractivity contribution in [3.63, 3.8) is 0 Å². The summed E-state index contributed by atoms with van der Waals surface area (Å²) in [7, 11) is 1.72. The summed E-state index contributed by atoms with van der Waals surface area (Å²) in [6, 6.07) is 6.22. The van der Waals surface area contributed by atoms with Crippen molar-refractivity contribution in [3.05, 3.63) is 35.1 Å². The van der Waals surface area contributed by atoms with E-state index in [4.69, 9.17) is 14.7 Å². The first kappa shape index (κ1) is 14.0. The second kappa shape index (κ2) is 6.65. The van der Waals surface area contributed by atoms with Crippen LogP contribution in [0.15, 0.2) is 18.2 Å². The van der Waals surface area contributed by atoms with Crippen LogP contribution in [0.3, 0.4) is 0 Å². The SMILES string of the molecule is COC1CCCC(OCc2cc(F)ccc2C#N)C1.